The highest BCUT2D eigenvalue weighted by Gasteiger charge is 2.25. The third kappa shape index (κ3) is 5.24. The van der Waals surface area contributed by atoms with Crippen LogP contribution in [0.3, 0.4) is 0 Å². The van der Waals surface area contributed by atoms with Crippen molar-refractivity contribution in [1.82, 2.24) is 20.3 Å². The van der Waals surface area contributed by atoms with Gasteiger partial charge in [0.25, 0.3) is 0 Å². The normalized spacial score (nSPS) is 13.1. The van der Waals surface area contributed by atoms with Gasteiger partial charge in [0.1, 0.15) is 23.9 Å². The van der Waals surface area contributed by atoms with Gasteiger partial charge in [0, 0.05) is 36.1 Å². The first-order valence-corrected chi connectivity index (χ1v) is 10.4. The molecule has 1 amide bonds. The topological polar surface area (TPSA) is 100 Å². The first kappa shape index (κ1) is 22.0. The van der Waals surface area contributed by atoms with Crippen molar-refractivity contribution in [2.45, 2.75) is 52.0 Å². The molecule has 0 bridgehead atoms. The minimum atomic E-state index is -0.240. The Morgan fingerprint density at radius 2 is 2.13 bits per heavy atom. The van der Waals surface area contributed by atoms with E-state index in [-0.39, 0.29) is 31.2 Å². The molecule has 0 aromatic carbocycles. The Balaban J connectivity index is 1.87. The van der Waals surface area contributed by atoms with Crippen LogP contribution in [-0.4, -0.2) is 58.3 Å². The lowest BCUT2D eigenvalue weighted by molar-refractivity contribution is -0.121. The van der Waals surface area contributed by atoms with Gasteiger partial charge >= 0.3 is 0 Å². The number of carbonyl (C=O) groups is 1. The summed E-state index contributed by atoms with van der Waals surface area (Å²) in [6.07, 6.45) is 5.32. The van der Waals surface area contributed by atoms with Gasteiger partial charge in [-0.3, -0.25) is 9.78 Å². The molecule has 0 radical (unpaired) electrons. The van der Waals surface area contributed by atoms with Crippen molar-refractivity contribution in [2.24, 2.45) is 0 Å². The molecule has 162 valence electrons. The number of likely N-dealkylation sites (N-methyl/N-ethyl adjacent to an activating group) is 1. The first-order chi connectivity index (χ1) is 14.3. The summed E-state index contributed by atoms with van der Waals surface area (Å²) in [6.45, 7) is 6.47. The number of hydrogen-bond donors (Lipinski definition) is 2. The molecule has 0 spiro atoms. The minimum Gasteiger partial charge on any atom is -0.491 e. The van der Waals surface area contributed by atoms with E-state index >= 15 is 0 Å². The van der Waals surface area contributed by atoms with Crippen LogP contribution in [0.25, 0.3) is 11.5 Å². The van der Waals surface area contributed by atoms with Crippen LogP contribution in [0.15, 0.2) is 18.3 Å². The summed E-state index contributed by atoms with van der Waals surface area (Å²) in [4.78, 5) is 28.4. The molecule has 1 aliphatic rings. The number of nitrogens with zero attached hydrogens (tertiary/aromatic N) is 4. The average molecular weight is 414 g/mol. The number of nitrogens with one attached hydrogen (secondary N) is 1. The smallest absolute Gasteiger partial charge is 0.239 e. The summed E-state index contributed by atoms with van der Waals surface area (Å²) in [5, 5.41) is 12.0. The summed E-state index contributed by atoms with van der Waals surface area (Å²) < 4.78 is 5.49. The van der Waals surface area contributed by atoms with Gasteiger partial charge in [-0.1, -0.05) is 6.92 Å². The van der Waals surface area contributed by atoms with Crippen molar-refractivity contribution in [3.8, 4) is 17.3 Å². The molecule has 0 fully saturated rings. The average Bonchev–Trinajstić information content (AvgIpc) is 3.20. The molecule has 0 unspecified atom stereocenters. The monoisotopic (exact) mass is 413 g/mol. The lowest BCUT2D eigenvalue weighted by atomic mass is 10.0. The predicted molar refractivity (Wildman–Crippen MR) is 116 cm³/mol. The van der Waals surface area contributed by atoms with E-state index in [0.717, 1.165) is 42.8 Å². The number of fused-ring (bicyclic) bond motifs is 1. The molecule has 0 saturated carbocycles. The molecule has 0 saturated heterocycles. The van der Waals surface area contributed by atoms with E-state index in [2.05, 4.69) is 17.2 Å². The van der Waals surface area contributed by atoms with Gasteiger partial charge < -0.3 is 20.1 Å². The second-order valence-electron chi connectivity index (χ2n) is 8.24. The van der Waals surface area contributed by atoms with Crippen molar-refractivity contribution in [3.05, 3.63) is 29.6 Å². The molecule has 30 heavy (non-hydrogen) atoms. The van der Waals surface area contributed by atoms with Gasteiger partial charge in [0.2, 0.25) is 5.91 Å². The molecule has 8 nitrogen and oxygen atoms in total. The van der Waals surface area contributed by atoms with Gasteiger partial charge in [-0.15, -0.1) is 0 Å². The van der Waals surface area contributed by atoms with Crippen LogP contribution >= 0.6 is 0 Å². The molecule has 2 aromatic rings. The quantitative estimate of drug-likeness (QED) is 0.649. The Labute approximate surface area is 177 Å². The Bertz CT molecular complexity index is 900. The fourth-order valence-corrected chi connectivity index (χ4v) is 3.43. The molecular weight excluding hydrogens is 382 g/mol. The number of amides is 1. The molecule has 0 aliphatic heterocycles. The number of pyridine rings is 1. The summed E-state index contributed by atoms with van der Waals surface area (Å²) in [5.74, 6) is 1.87. The van der Waals surface area contributed by atoms with E-state index < -0.39 is 0 Å². The maximum Gasteiger partial charge on any atom is 0.239 e. The van der Waals surface area contributed by atoms with Gasteiger partial charge in [-0.05, 0) is 45.6 Å². The van der Waals surface area contributed by atoms with E-state index in [4.69, 9.17) is 19.8 Å². The Morgan fingerprint density at radius 3 is 2.87 bits per heavy atom. The number of rotatable bonds is 9. The van der Waals surface area contributed by atoms with Crippen LogP contribution in [0.2, 0.25) is 0 Å². The number of hydrogen-bond acceptors (Lipinski definition) is 7. The van der Waals surface area contributed by atoms with Crippen molar-refractivity contribution in [2.75, 3.05) is 31.7 Å². The van der Waals surface area contributed by atoms with Crippen molar-refractivity contribution < 1.29 is 14.6 Å². The third-order valence-electron chi connectivity index (χ3n) is 5.34. The zero-order valence-corrected chi connectivity index (χ0v) is 18.2. The number of aryl methyl sites for hydroxylation is 1. The number of aliphatic hydroxyl groups excluding tert-OH is 1. The lowest BCUT2D eigenvalue weighted by Crippen LogP contribution is -2.47. The summed E-state index contributed by atoms with van der Waals surface area (Å²) >= 11 is 0. The fraction of sp³-hybridized carbons (Fsp3) is 0.545. The zero-order valence-electron chi connectivity index (χ0n) is 18.2. The van der Waals surface area contributed by atoms with Gasteiger partial charge in [-0.2, -0.15) is 0 Å². The Kier molecular flexibility index (Phi) is 6.87. The molecule has 1 aliphatic carbocycles. The zero-order chi connectivity index (χ0) is 21.7. The number of carbonyl (C=O) groups excluding carboxylic acids is 1. The van der Waals surface area contributed by atoms with E-state index in [1.165, 1.54) is 0 Å². The molecule has 2 N–H and O–H groups in total. The van der Waals surface area contributed by atoms with Crippen LogP contribution in [-0.2, 0) is 17.6 Å². The minimum absolute atomic E-state index is 0.0335. The number of anilines is 1. The van der Waals surface area contributed by atoms with E-state index in [9.17, 15) is 4.79 Å². The second kappa shape index (κ2) is 9.38. The van der Waals surface area contributed by atoms with Crippen LogP contribution in [0.4, 0.5) is 5.82 Å². The standard InChI is InChI=1S/C22H31N5O3/c1-5-22(2,3)26-19(29)14-27(4)21-16-7-6-8-17(16)24-20(25-21)18-13-15(9-10-23-18)30-12-11-28/h9-10,13,28H,5-8,11-12,14H2,1-4H3,(H,26,29). The van der Waals surface area contributed by atoms with Crippen LogP contribution in [0, 0.1) is 0 Å². The highest BCUT2D eigenvalue weighted by Crippen LogP contribution is 2.31. The predicted octanol–water partition coefficient (Wildman–Crippen LogP) is 2.14. The van der Waals surface area contributed by atoms with E-state index in [0.29, 0.717) is 17.3 Å². The van der Waals surface area contributed by atoms with Gasteiger partial charge in [-0.25, -0.2) is 9.97 Å². The second-order valence-corrected chi connectivity index (χ2v) is 8.24. The van der Waals surface area contributed by atoms with Crippen molar-refractivity contribution >= 4 is 11.7 Å². The summed E-state index contributed by atoms with van der Waals surface area (Å²) in [6, 6.07) is 3.51. The highest BCUT2D eigenvalue weighted by molar-refractivity contribution is 5.82. The van der Waals surface area contributed by atoms with Crippen molar-refractivity contribution in [1.29, 1.82) is 0 Å². The lowest BCUT2D eigenvalue weighted by Gasteiger charge is -2.27. The Morgan fingerprint density at radius 1 is 1.33 bits per heavy atom. The Hall–Kier alpha value is -2.74. The first-order valence-electron chi connectivity index (χ1n) is 10.4. The largest absolute Gasteiger partial charge is 0.491 e. The highest BCUT2D eigenvalue weighted by atomic mass is 16.5. The molecule has 3 rings (SSSR count). The molecular formula is C22H31N5O3. The SMILES string of the molecule is CCC(C)(C)NC(=O)CN(C)c1nc(-c2cc(OCCO)ccn2)nc2c1CCC2. The number of aliphatic hydroxyl groups is 1. The fourth-order valence-electron chi connectivity index (χ4n) is 3.43. The van der Waals surface area contributed by atoms with Crippen LogP contribution in [0.1, 0.15) is 44.9 Å². The van der Waals surface area contributed by atoms with E-state index in [1.807, 2.05) is 25.8 Å². The number of ether oxygens (including phenoxy) is 1. The van der Waals surface area contributed by atoms with Gasteiger partial charge in [0.15, 0.2) is 5.82 Å². The van der Waals surface area contributed by atoms with Crippen LogP contribution < -0.4 is 15.0 Å². The molecule has 2 heterocycles. The molecule has 0 atom stereocenters. The molecule has 8 heteroatoms. The third-order valence-corrected chi connectivity index (χ3v) is 5.34. The summed E-state index contributed by atoms with van der Waals surface area (Å²) in [5.41, 5.74) is 2.48. The summed E-state index contributed by atoms with van der Waals surface area (Å²) in [7, 11) is 1.89. The maximum absolute atomic E-state index is 12.6. The van der Waals surface area contributed by atoms with Gasteiger partial charge in [0.05, 0.1) is 13.2 Å². The molecule has 2 aromatic heterocycles. The van der Waals surface area contributed by atoms with E-state index in [1.54, 1.807) is 18.3 Å². The van der Waals surface area contributed by atoms with Crippen LogP contribution in [0.5, 0.6) is 5.75 Å². The maximum atomic E-state index is 12.6. The van der Waals surface area contributed by atoms with Crippen molar-refractivity contribution in [3.63, 3.8) is 0 Å². The number of aromatic nitrogens is 3.